The molecule has 0 spiro atoms. The van der Waals surface area contributed by atoms with E-state index in [1.807, 2.05) is 68.4 Å². The van der Waals surface area contributed by atoms with Gasteiger partial charge in [-0.15, -0.1) is 0 Å². The van der Waals surface area contributed by atoms with Crippen molar-refractivity contribution in [3.63, 3.8) is 0 Å². The largest absolute Gasteiger partial charge is 0.333 e. The number of benzene rings is 2. The minimum atomic E-state index is -0.344. The maximum Gasteiger partial charge on any atom is 0.333 e. The molecule has 4 rings (SSSR count). The first kappa shape index (κ1) is 18.0. The zero-order valence-electron chi connectivity index (χ0n) is 16.0. The normalized spacial score (nSPS) is 11.2. The second-order valence-electron chi connectivity index (χ2n) is 6.93. The van der Waals surface area contributed by atoms with Gasteiger partial charge < -0.3 is 4.57 Å². The van der Waals surface area contributed by atoms with E-state index < -0.39 is 0 Å². The molecule has 28 heavy (non-hydrogen) atoms. The summed E-state index contributed by atoms with van der Waals surface area (Å²) in [4.78, 5) is 30.8. The maximum atomic E-state index is 13.3. The number of nitrogens with zero attached hydrogens (tertiary/aromatic N) is 4. The van der Waals surface area contributed by atoms with E-state index in [0.29, 0.717) is 24.3 Å². The number of rotatable bonds is 5. The van der Waals surface area contributed by atoms with Crippen LogP contribution in [0.2, 0.25) is 0 Å². The summed E-state index contributed by atoms with van der Waals surface area (Å²) in [5, 5.41) is 0. The second-order valence-corrected chi connectivity index (χ2v) is 6.93. The molecule has 0 amide bonds. The monoisotopic (exact) mass is 374 g/mol. The van der Waals surface area contributed by atoms with Crippen molar-refractivity contribution in [3.8, 4) is 0 Å². The van der Waals surface area contributed by atoms with Crippen molar-refractivity contribution in [2.75, 3.05) is 0 Å². The molecule has 142 valence electrons. The average Bonchev–Trinajstić information content (AvgIpc) is 3.15. The Balaban J connectivity index is 1.92. The zero-order chi connectivity index (χ0) is 19.7. The molecule has 2 aromatic heterocycles. The van der Waals surface area contributed by atoms with Gasteiger partial charge in [-0.2, -0.15) is 0 Å². The van der Waals surface area contributed by atoms with Gasteiger partial charge in [0, 0.05) is 6.54 Å². The van der Waals surface area contributed by atoms with Gasteiger partial charge in [0.05, 0.1) is 19.4 Å². The molecular weight excluding hydrogens is 352 g/mol. The highest BCUT2D eigenvalue weighted by atomic mass is 16.2. The quantitative estimate of drug-likeness (QED) is 0.540. The number of hydrogen-bond acceptors (Lipinski definition) is 3. The van der Waals surface area contributed by atoms with E-state index in [0.717, 1.165) is 16.7 Å². The van der Waals surface area contributed by atoms with Crippen LogP contribution >= 0.6 is 0 Å². The first-order valence-electron chi connectivity index (χ1n) is 9.36. The Morgan fingerprint density at radius 3 is 2.18 bits per heavy atom. The molecule has 0 N–H and O–H groups in total. The lowest BCUT2D eigenvalue weighted by Crippen LogP contribution is -2.41. The number of hydrogen-bond donors (Lipinski definition) is 0. The van der Waals surface area contributed by atoms with Crippen LogP contribution in [0.25, 0.3) is 11.2 Å². The van der Waals surface area contributed by atoms with Crippen LogP contribution in [0.15, 0.2) is 70.5 Å². The predicted molar refractivity (Wildman–Crippen MR) is 110 cm³/mol. The summed E-state index contributed by atoms with van der Waals surface area (Å²) in [5.74, 6) is 0. The van der Waals surface area contributed by atoms with Crippen molar-refractivity contribution in [2.45, 2.75) is 33.5 Å². The molecule has 0 fully saturated rings. The van der Waals surface area contributed by atoms with Gasteiger partial charge in [0.15, 0.2) is 11.2 Å². The number of aromatic nitrogens is 4. The fraction of sp³-hybridized carbons (Fsp3) is 0.227. The average molecular weight is 374 g/mol. The molecule has 0 bridgehead atoms. The molecule has 0 saturated heterocycles. The van der Waals surface area contributed by atoms with Gasteiger partial charge in [-0.3, -0.25) is 13.9 Å². The SMILES string of the molecule is CCn1cnc2c1c(=O)n(Cc1ccc(C)cc1)c(=O)n2Cc1ccccc1. The summed E-state index contributed by atoms with van der Waals surface area (Å²) in [6.45, 7) is 5.18. The third-order valence-corrected chi connectivity index (χ3v) is 4.97. The first-order valence-corrected chi connectivity index (χ1v) is 9.36. The summed E-state index contributed by atoms with van der Waals surface area (Å²) < 4.78 is 4.69. The van der Waals surface area contributed by atoms with Gasteiger partial charge in [-0.1, -0.05) is 60.2 Å². The number of fused-ring (bicyclic) bond motifs is 1. The van der Waals surface area contributed by atoms with Crippen LogP contribution < -0.4 is 11.2 Å². The van der Waals surface area contributed by atoms with E-state index >= 15 is 0 Å². The molecule has 0 aliphatic rings. The summed E-state index contributed by atoms with van der Waals surface area (Å²) in [6.07, 6.45) is 1.63. The van der Waals surface area contributed by atoms with E-state index in [2.05, 4.69) is 4.98 Å². The lowest BCUT2D eigenvalue weighted by Gasteiger charge is -2.13. The Hall–Kier alpha value is -3.41. The topological polar surface area (TPSA) is 61.8 Å². The van der Waals surface area contributed by atoms with Crippen LogP contribution in [0, 0.1) is 6.92 Å². The van der Waals surface area contributed by atoms with Crippen molar-refractivity contribution < 1.29 is 0 Å². The minimum absolute atomic E-state index is 0.234. The van der Waals surface area contributed by atoms with Gasteiger partial charge in [0.1, 0.15) is 0 Å². The van der Waals surface area contributed by atoms with E-state index in [-0.39, 0.29) is 17.8 Å². The van der Waals surface area contributed by atoms with Gasteiger partial charge >= 0.3 is 5.69 Å². The van der Waals surface area contributed by atoms with E-state index in [4.69, 9.17) is 0 Å². The predicted octanol–water partition coefficient (Wildman–Crippen LogP) is 2.78. The molecular formula is C22H22N4O2. The molecule has 0 radical (unpaired) electrons. The van der Waals surface area contributed by atoms with E-state index in [1.165, 1.54) is 4.57 Å². The van der Waals surface area contributed by atoms with E-state index in [1.54, 1.807) is 15.5 Å². The van der Waals surface area contributed by atoms with Crippen LogP contribution in [-0.2, 0) is 19.6 Å². The van der Waals surface area contributed by atoms with Gasteiger partial charge in [0.2, 0.25) is 0 Å². The second kappa shape index (κ2) is 7.31. The molecule has 0 unspecified atom stereocenters. The molecule has 2 aromatic carbocycles. The van der Waals surface area contributed by atoms with Crippen LogP contribution in [0.5, 0.6) is 0 Å². The van der Waals surface area contributed by atoms with Gasteiger partial charge in [-0.25, -0.2) is 9.78 Å². The Bertz CT molecular complexity index is 1230. The Labute approximate surface area is 162 Å². The summed E-state index contributed by atoms with van der Waals surface area (Å²) in [7, 11) is 0. The molecule has 4 aromatic rings. The molecule has 6 heteroatoms. The highest BCUT2D eigenvalue weighted by Gasteiger charge is 2.18. The standard InChI is InChI=1S/C22H22N4O2/c1-3-24-15-23-20-19(24)21(27)26(14-18-11-9-16(2)10-12-18)22(28)25(20)13-17-7-5-4-6-8-17/h4-12,15H,3,13-14H2,1-2H3. The molecule has 0 saturated carbocycles. The fourth-order valence-corrected chi connectivity index (χ4v) is 3.40. The highest BCUT2D eigenvalue weighted by molar-refractivity contribution is 5.70. The zero-order valence-corrected chi connectivity index (χ0v) is 16.0. The van der Waals surface area contributed by atoms with Gasteiger partial charge in [-0.05, 0) is 25.0 Å². The van der Waals surface area contributed by atoms with Crippen LogP contribution in [0.3, 0.4) is 0 Å². The van der Waals surface area contributed by atoms with Crippen molar-refractivity contribution in [2.24, 2.45) is 0 Å². The van der Waals surface area contributed by atoms with Crippen molar-refractivity contribution >= 4 is 11.2 Å². The highest BCUT2D eigenvalue weighted by Crippen LogP contribution is 2.11. The maximum absolute atomic E-state index is 13.3. The lowest BCUT2D eigenvalue weighted by atomic mass is 10.1. The first-order chi connectivity index (χ1) is 13.6. The molecule has 6 nitrogen and oxygen atoms in total. The van der Waals surface area contributed by atoms with Crippen LogP contribution in [0.4, 0.5) is 0 Å². The lowest BCUT2D eigenvalue weighted by molar-refractivity contribution is 0.627. The minimum Gasteiger partial charge on any atom is -0.325 e. The Morgan fingerprint density at radius 2 is 1.50 bits per heavy atom. The van der Waals surface area contributed by atoms with E-state index in [9.17, 15) is 9.59 Å². The smallest absolute Gasteiger partial charge is 0.325 e. The summed E-state index contributed by atoms with van der Waals surface area (Å²) >= 11 is 0. The molecule has 0 atom stereocenters. The third kappa shape index (κ3) is 3.17. The van der Waals surface area contributed by atoms with Crippen molar-refractivity contribution in [1.82, 2.24) is 18.7 Å². The Kier molecular flexibility index (Phi) is 4.69. The Morgan fingerprint density at radius 1 is 0.857 bits per heavy atom. The third-order valence-electron chi connectivity index (χ3n) is 4.97. The molecule has 0 aliphatic heterocycles. The van der Waals surface area contributed by atoms with Crippen molar-refractivity contribution in [1.29, 1.82) is 0 Å². The summed E-state index contributed by atoms with van der Waals surface area (Å²) in [6, 6.07) is 17.6. The van der Waals surface area contributed by atoms with Crippen LogP contribution in [-0.4, -0.2) is 18.7 Å². The molecule has 0 aliphatic carbocycles. The number of imidazole rings is 1. The van der Waals surface area contributed by atoms with Crippen LogP contribution in [0.1, 0.15) is 23.6 Å². The fourth-order valence-electron chi connectivity index (χ4n) is 3.40. The van der Waals surface area contributed by atoms with Gasteiger partial charge in [0.25, 0.3) is 5.56 Å². The van der Waals surface area contributed by atoms with Crippen molar-refractivity contribution in [3.05, 3.63) is 98.5 Å². The summed E-state index contributed by atoms with van der Waals surface area (Å²) in [5.41, 5.74) is 3.28. The molecule has 2 heterocycles. The number of aryl methyl sites for hydroxylation is 2.